The largest absolute Gasteiger partial charge is 0.489 e. The van der Waals surface area contributed by atoms with Gasteiger partial charge in [-0.05, 0) is 35.4 Å². The summed E-state index contributed by atoms with van der Waals surface area (Å²) in [6, 6.07) is 17.5. The molecule has 3 aromatic carbocycles. The quantitative estimate of drug-likeness (QED) is 0.0901. The Bertz CT molecular complexity index is 1040. The van der Waals surface area contributed by atoms with Crippen LogP contribution in [-0.4, -0.2) is 10.9 Å². The summed E-state index contributed by atoms with van der Waals surface area (Å²) in [5, 5.41) is 13.0. The van der Waals surface area contributed by atoms with Crippen LogP contribution >= 0.6 is 31.9 Å². The number of hydrogen-bond donors (Lipinski definition) is 0. The third-order valence-electron chi connectivity index (χ3n) is 4.63. The van der Waals surface area contributed by atoms with Gasteiger partial charge in [-0.25, -0.2) is 0 Å². The summed E-state index contributed by atoms with van der Waals surface area (Å²) in [5.41, 5.74) is 2.77. The number of nitro benzene ring substituents is 1. The summed E-state index contributed by atoms with van der Waals surface area (Å²) in [5.74, 6) is 0.825. The second kappa shape index (κ2) is 11.8. The number of alkyl halides is 2. The van der Waals surface area contributed by atoms with E-state index in [0.717, 1.165) is 21.8 Å². The van der Waals surface area contributed by atoms with E-state index in [0.29, 0.717) is 22.6 Å². The molecule has 0 aliphatic heterocycles. The smallest absolute Gasteiger partial charge is 0.308 e. The normalized spacial score (nSPS) is 10.5. The van der Waals surface area contributed by atoms with E-state index in [1.165, 1.54) is 19.1 Å². The summed E-state index contributed by atoms with van der Waals surface area (Å²) in [6.45, 7) is 1.23. The molecule has 0 heterocycles. The number of carbonyl (C=O) groups is 1. The molecule has 3 aromatic rings. The van der Waals surface area contributed by atoms with Gasteiger partial charge in [-0.2, -0.15) is 0 Å². The molecule has 172 valence electrons. The summed E-state index contributed by atoms with van der Waals surface area (Å²) in [4.78, 5) is 22.8. The predicted molar refractivity (Wildman–Crippen MR) is 131 cm³/mol. The van der Waals surface area contributed by atoms with Crippen LogP contribution in [0.3, 0.4) is 0 Å². The van der Waals surface area contributed by atoms with Gasteiger partial charge in [0.05, 0.1) is 4.92 Å². The van der Waals surface area contributed by atoms with E-state index in [1.807, 2.05) is 24.3 Å². The van der Waals surface area contributed by atoms with Crippen molar-refractivity contribution in [2.24, 2.45) is 0 Å². The van der Waals surface area contributed by atoms with E-state index in [4.69, 9.17) is 14.2 Å². The lowest BCUT2D eigenvalue weighted by molar-refractivity contribution is -0.385. The van der Waals surface area contributed by atoms with Crippen molar-refractivity contribution in [3.63, 3.8) is 0 Å². The predicted octanol–water partition coefficient (Wildman–Crippen LogP) is 6.47. The van der Waals surface area contributed by atoms with Crippen LogP contribution in [0.2, 0.25) is 0 Å². The first-order chi connectivity index (χ1) is 15.9. The molecule has 7 nitrogen and oxygen atoms in total. The average molecular weight is 579 g/mol. The van der Waals surface area contributed by atoms with Crippen molar-refractivity contribution in [3.8, 4) is 17.2 Å². The maximum absolute atomic E-state index is 11.8. The molecule has 0 N–H and O–H groups in total. The maximum atomic E-state index is 11.8. The monoisotopic (exact) mass is 577 g/mol. The van der Waals surface area contributed by atoms with Crippen molar-refractivity contribution in [1.29, 1.82) is 0 Å². The first-order valence-electron chi connectivity index (χ1n) is 9.93. The molecule has 33 heavy (non-hydrogen) atoms. The van der Waals surface area contributed by atoms with E-state index in [1.54, 1.807) is 24.3 Å². The van der Waals surface area contributed by atoms with Crippen molar-refractivity contribution in [2.45, 2.75) is 30.8 Å². The SMILES string of the molecule is CC(=O)Oc1c(COc2ccc(CBr)cc2)cc([N+](=O)[O-])cc1COc1ccc(CBr)cc1. The van der Waals surface area contributed by atoms with Crippen LogP contribution in [0.1, 0.15) is 29.2 Å². The second-order valence-corrected chi connectivity index (χ2v) is 8.20. The molecule has 0 saturated carbocycles. The zero-order valence-electron chi connectivity index (χ0n) is 17.8. The molecular formula is C24H21Br2NO6. The number of halogens is 2. The maximum Gasteiger partial charge on any atom is 0.308 e. The van der Waals surface area contributed by atoms with Gasteiger partial charge in [0.25, 0.3) is 5.69 Å². The molecule has 0 aliphatic carbocycles. The molecule has 0 aliphatic rings. The molecule has 0 bridgehead atoms. The number of nitrogens with zero attached hydrogens (tertiary/aromatic N) is 1. The van der Waals surface area contributed by atoms with Crippen LogP contribution in [0.5, 0.6) is 17.2 Å². The van der Waals surface area contributed by atoms with E-state index >= 15 is 0 Å². The van der Waals surface area contributed by atoms with Crippen LogP contribution < -0.4 is 14.2 Å². The summed E-state index contributed by atoms with van der Waals surface area (Å²) in [6.07, 6.45) is 0. The van der Waals surface area contributed by atoms with Gasteiger partial charge in [-0.3, -0.25) is 14.9 Å². The van der Waals surface area contributed by atoms with Crippen molar-refractivity contribution in [2.75, 3.05) is 0 Å². The molecule has 0 unspecified atom stereocenters. The molecule has 0 amide bonds. The number of hydrogen-bond acceptors (Lipinski definition) is 6. The summed E-state index contributed by atoms with van der Waals surface area (Å²) >= 11 is 6.78. The lowest BCUT2D eigenvalue weighted by Crippen LogP contribution is -2.11. The zero-order chi connectivity index (χ0) is 23.8. The number of esters is 1. The Morgan fingerprint density at radius 1 is 0.848 bits per heavy atom. The Morgan fingerprint density at radius 2 is 1.27 bits per heavy atom. The highest BCUT2D eigenvalue weighted by Crippen LogP contribution is 2.32. The molecule has 0 fully saturated rings. The van der Waals surface area contributed by atoms with Gasteiger partial charge in [0, 0.05) is 40.8 Å². The fraction of sp³-hybridized carbons (Fsp3) is 0.208. The van der Waals surface area contributed by atoms with Crippen LogP contribution in [0, 0.1) is 10.1 Å². The molecule has 0 aromatic heterocycles. The zero-order valence-corrected chi connectivity index (χ0v) is 20.9. The highest BCUT2D eigenvalue weighted by atomic mass is 79.9. The fourth-order valence-electron chi connectivity index (χ4n) is 3.00. The van der Waals surface area contributed by atoms with Gasteiger partial charge in [-0.15, -0.1) is 0 Å². The van der Waals surface area contributed by atoms with Gasteiger partial charge in [0.1, 0.15) is 30.5 Å². The van der Waals surface area contributed by atoms with Gasteiger partial charge >= 0.3 is 5.97 Å². The van der Waals surface area contributed by atoms with Crippen LogP contribution in [0.15, 0.2) is 60.7 Å². The second-order valence-electron chi connectivity index (χ2n) is 7.08. The minimum Gasteiger partial charge on any atom is -0.489 e. The van der Waals surface area contributed by atoms with Crippen molar-refractivity contribution >= 4 is 43.5 Å². The average Bonchev–Trinajstić information content (AvgIpc) is 2.82. The highest BCUT2D eigenvalue weighted by molar-refractivity contribution is 9.08. The van der Waals surface area contributed by atoms with E-state index in [9.17, 15) is 14.9 Å². The number of ether oxygens (including phenoxy) is 3. The fourth-order valence-corrected chi connectivity index (χ4v) is 3.75. The Labute approximate surface area is 208 Å². The standard InChI is InChI=1S/C24H21Br2NO6/c1-16(28)33-24-19(14-31-22-6-2-17(12-25)3-7-22)10-21(27(29)30)11-20(24)15-32-23-8-4-18(13-26)5-9-23/h2-11H,12-15H2,1H3. The Morgan fingerprint density at radius 3 is 1.61 bits per heavy atom. The third kappa shape index (κ3) is 7.03. The van der Waals surface area contributed by atoms with Gasteiger partial charge in [0.2, 0.25) is 0 Å². The van der Waals surface area contributed by atoms with Crippen LogP contribution in [0.25, 0.3) is 0 Å². The van der Waals surface area contributed by atoms with Crippen LogP contribution in [0.4, 0.5) is 5.69 Å². The Hall–Kier alpha value is -2.91. The molecular weight excluding hydrogens is 558 g/mol. The van der Waals surface area contributed by atoms with E-state index in [-0.39, 0.29) is 24.7 Å². The number of nitro groups is 1. The molecule has 0 spiro atoms. The number of rotatable bonds is 10. The molecule has 3 rings (SSSR count). The number of carbonyl (C=O) groups excluding carboxylic acids is 1. The first-order valence-corrected chi connectivity index (χ1v) is 12.2. The molecule has 9 heteroatoms. The molecule has 0 radical (unpaired) electrons. The minimum absolute atomic E-state index is 0.0229. The summed E-state index contributed by atoms with van der Waals surface area (Å²) in [7, 11) is 0. The minimum atomic E-state index is -0.547. The lowest BCUT2D eigenvalue weighted by Gasteiger charge is -2.16. The molecule has 0 atom stereocenters. The molecule has 0 saturated heterocycles. The lowest BCUT2D eigenvalue weighted by atomic mass is 10.1. The van der Waals surface area contributed by atoms with Gasteiger partial charge < -0.3 is 14.2 Å². The van der Waals surface area contributed by atoms with Crippen molar-refractivity contribution in [1.82, 2.24) is 0 Å². The van der Waals surface area contributed by atoms with E-state index < -0.39 is 10.9 Å². The van der Waals surface area contributed by atoms with E-state index in [2.05, 4.69) is 31.9 Å². The van der Waals surface area contributed by atoms with Crippen molar-refractivity contribution < 1.29 is 23.9 Å². The first kappa shape index (κ1) is 24.7. The van der Waals surface area contributed by atoms with Gasteiger partial charge in [0.15, 0.2) is 0 Å². The van der Waals surface area contributed by atoms with Crippen molar-refractivity contribution in [3.05, 3.63) is 93.0 Å². The highest BCUT2D eigenvalue weighted by Gasteiger charge is 2.20. The van der Waals surface area contributed by atoms with Gasteiger partial charge in [-0.1, -0.05) is 56.1 Å². The topological polar surface area (TPSA) is 87.9 Å². The Kier molecular flexibility index (Phi) is 8.85. The number of benzene rings is 3. The summed E-state index contributed by atoms with van der Waals surface area (Å²) < 4.78 is 17.1. The van der Waals surface area contributed by atoms with Crippen LogP contribution in [-0.2, 0) is 28.7 Å². The third-order valence-corrected chi connectivity index (χ3v) is 5.92. The Balaban J connectivity index is 1.89. The number of non-ortho nitro benzene ring substituents is 1.